The van der Waals surface area contributed by atoms with Gasteiger partial charge in [-0.15, -0.1) is 11.8 Å². The summed E-state index contributed by atoms with van der Waals surface area (Å²) >= 11 is 7.40. The highest BCUT2D eigenvalue weighted by Crippen LogP contribution is 2.38. The van der Waals surface area contributed by atoms with Crippen LogP contribution in [0.1, 0.15) is 42.5 Å². The Bertz CT molecular complexity index is 654. The summed E-state index contributed by atoms with van der Waals surface area (Å²) in [6, 6.07) is 2.44. The van der Waals surface area contributed by atoms with Gasteiger partial charge < -0.3 is 5.11 Å². The number of halogens is 1. The van der Waals surface area contributed by atoms with E-state index in [0.717, 1.165) is 31.7 Å². The number of aromatic carboxylic acids is 1. The summed E-state index contributed by atoms with van der Waals surface area (Å²) in [5, 5.41) is 14.6. The Kier molecular flexibility index (Phi) is 5.19. The summed E-state index contributed by atoms with van der Waals surface area (Å²) in [5.41, 5.74) is -0.0704. The smallest absolute Gasteiger partial charge is 0.336 e. The third-order valence-corrected chi connectivity index (χ3v) is 6.19. The number of primary sulfonamides is 1. The van der Waals surface area contributed by atoms with E-state index in [-0.39, 0.29) is 15.5 Å². The molecule has 0 bridgehead atoms. The summed E-state index contributed by atoms with van der Waals surface area (Å²) < 4.78 is 22.8. The van der Waals surface area contributed by atoms with Crippen LogP contribution in [0.5, 0.6) is 0 Å². The van der Waals surface area contributed by atoms with Crippen LogP contribution in [0.25, 0.3) is 0 Å². The Morgan fingerprint density at radius 2 is 1.90 bits per heavy atom. The van der Waals surface area contributed by atoms with Gasteiger partial charge in [-0.05, 0) is 25.0 Å². The lowest BCUT2D eigenvalue weighted by atomic mass is 10.0. The van der Waals surface area contributed by atoms with Crippen LogP contribution in [0.2, 0.25) is 5.02 Å². The number of hydrogen-bond donors (Lipinski definition) is 2. The van der Waals surface area contributed by atoms with Gasteiger partial charge in [0.1, 0.15) is 4.90 Å². The summed E-state index contributed by atoms with van der Waals surface area (Å²) in [6.45, 7) is 0. The molecule has 0 radical (unpaired) electrons. The van der Waals surface area contributed by atoms with Crippen molar-refractivity contribution >= 4 is 39.4 Å². The number of benzene rings is 1. The summed E-state index contributed by atoms with van der Waals surface area (Å²) in [5.74, 6) is -1.19. The lowest BCUT2D eigenvalue weighted by Crippen LogP contribution is -2.15. The zero-order valence-electron chi connectivity index (χ0n) is 11.2. The Labute approximate surface area is 132 Å². The summed E-state index contributed by atoms with van der Waals surface area (Å²) in [6.07, 6.45) is 5.51. The number of hydrogen-bond acceptors (Lipinski definition) is 4. The maximum Gasteiger partial charge on any atom is 0.336 e. The number of sulfonamides is 1. The molecule has 0 atom stereocenters. The first-order chi connectivity index (χ1) is 9.79. The predicted octanol–water partition coefficient (Wildman–Crippen LogP) is 3.11. The Morgan fingerprint density at radius 3 is 2.43 bits per heavy atom. The number of carboxylic acids is 1. The van der Waals surface area contributed by atoms with Gasteiger partial charge in [0.15, 0.2) is 0 Å². The van der Waals surface area contributed by atoms with E-state index >= 15 is 0 Å². The molecular weight excluding hydrogens is 334 g/mol. The van der Waals surface area contributed by atoms with E-state index in [9.17, 15) is 18.3 Å². The Morgan fingerprint density at radius 1 is 1.29 bits per heavy atom. The molecule has 1 aliphatic carbocycles. The van der Waals surface area contributed by atoms with E-state index in [1.165, 1.54) is 24.2 Å². The second kappa shape index (κ2) is 6.56. The molecule has 1 aromatic carbocycles. The van der Waals surface area contributed by atoms with Crippen molar-refractivity contribution in [2.75, 3.05) is 0 Å². The molecule has 0 saturated heterocycles. The number of rotatable bonds is 4. The van der Waals surface area contributed by atoms with E-state index in [4.69, 9.17) is 16.7 Å². The van der Waals surface area contributed by atoms with Crippen LogP contribution in [-0.2, 0) is 10.0 Å². The minimum absolute atomic E-state index is 0.0409. The van der Waals surface area contributed by atoms with Gasteiger partial charge in [0.25, 0.3) is 0 Å². The highest BCUT2D eigenvalue weighted by molar-refractivity contribution is 8.00. The number of carbonyl (C=O) groups is 1. The fraction of sp³-hybridized carbons (Fsp3) is 0.462. The van der Waals surface area contributed by atoms with Crippen molar-refractivity contribution in [2.24, 2.45) is 5.14 Å². The van der Waals surface area contributed by atoms with E-state index in [2.05, 4.69) is 0 Å². The van der Waals surface area contributed by atoms with E-state index in [1.807, 2.05) is 0 Å². The third kappa shape index (κ3) is 4.12. The predicted molar refractivity (Wildman–Crippen MR) is 82.5 cm³/mol. The SMILES string of the molecule is NS(=O)(=O)c1cc(C(=O)O)c(SC2CCCCC2)cc1Cl. The van der Waals surface area contributed by atoms with Gasteiger partial charge >= 0.3 is 5.97 Å². The van der Waals surface area contributed by atoms with Gasteiger partial charge in [0.2, 0.25) is 10.0 Å². The molecule has 0 aliphatic heterocycles. The fourth-order valence-corrected chi connectivity index (χ4v) is 4.93. The molecule has 0 unspecified atom stereocenters. The molecule has 8 heteroatoms. The largest absolute Gasteiger partial charge is 0.478 e. The maximum atomic E-state index is 11.4. The molecule has 116 valence electrons. The van der Waals surface area contributed by atoms with Gasteiger partial charge in [-0.25, -0.2) is 18.4 Å². The molecule has 1 aliphatic rings. The van der Waals surface area contributed by atoms with Crippen LogP contribution in [0.4, 0.5) is 0 Å². The van der Waals surface area contributed by atoms with Crippen molar-refractivity contribution in [1.29, 1.82) is 0 Å². The maximum absolute atomic E-state index is 11.4. The zero-order chi connectivity index (χ0) is 15.6. The van der Waals surface area contributed by atoms with Crippen molar-refractivity contribution in [3.63, 3.8) is 0 Å². The minimum atomic E-state index is -4.04. The fourth-order valence-electron chi connectivity index (χ4n) is 2.38. The van der Waals surface area contributed by atoms with E-state index in [0.29, 0.717) is 10.1 Å². The van der Waals surface area contributed by atoms with Crippen LogP contribution in [0.15, 0.2) is 21.9 Å². The van der Waals surface area contributed by atoms with Crippen molar-refractivity contribution in [1.82, 2.24) is 0 Å². The average Bonchev–Trinajstić information content (AvgIpc) is 2.38. The summed E-state index contributed by atoms with van der Waals surface area (Å²) in [7, 11) is -4.04. The minimum Gasteiger partial charge on any atom is -0.478 e. The van der Waals surface area contributed by atoms with Crippen molar-refractivity contribution in [3.05, 3.63) is 22.7 Å². The van der Waals surface area contributed by atoms with Crippen molar-refractivity contribution < 1.29 is 18.3 Å². The lowest BCUT2D eigenvalue weighted by Gasteiger charge is -2.22. The average molecular weight is 350 g/mol. The molecule has 0 amide bonds. The summed E-state index contributed by atoms with van der Waals surface area (Å²) in [4.78, 5) is 11.5. The molecule has 21 heavy (non-hydrogen) atoms. The van der Waals surface area contributed by atoms with Gasteiger partial charge in [-0.3, -0.25) is 0 Å². The molecule has 2 rings (SSSR count). The number of thioether (sulfide) groups is 1. The van der Waals surface area contributed by atoms with E-state index in [1.54, 1.807) is 0 Å². The molecule has 0 heterocycles. The number of carboxylic acid groups (broad SMARTS) is 1. The highest BCUT2D eigenvalue weighted by Gasteiger charge is 2.23. The highest BCUT2D eigenvalue weighted by atomic mass is 35.5. The van der Waals surface area contributed by atoms with Gasteiger partial charge in [-0.1, -0.05) is 30.9 Å². The molecule has 0 aromatic heterocycles. The first-order valence-electron chi connectivity index (χ1n) is 6.55. The molecule has 1 saturated carbocycles. The van der Waals surface area contributed by atoms with Gasteiger partial charge in [-0.2, -0.15) is 0 Å². The standard InChI is InChI=1S/C13H16ClNO4S2/c14-10-7-11(20-8-4-2-1-3-5-8)9(13(16)17)6-12(10)21(15,18)19/h6-8H,1-5H2,(H,16,17)(H2,15,18,19). The quantitative estimate of drug-likeness (QED) is 0.870. The monoisotopic (exact) mass is 349 g/mol. The molecule has 5 nitrogen and oxygen atoms in total. The second-order valence-electron chi connectivity index (χ2n) is 5.01. The van der Waals surface area contributed by atoms with Crippen LogP contribution in [0.3, 0.4) is 0 Å². The van der Waals surface area contributed by atoms with E-state index < -0.39 is 16.0 Å². The third-order valence-electron chi connectivity index (χ3n) is 3.42. The van der Waals surface area contributed by atoms with Crippen LogP contribution >= 0.6 is 23.4 Å². The molecule has 1 fully saturated rings. The van der Waals surface area contributed by atoms with Crippen molar-refractivity contribution in [2.45, 2.75) is 47.1 Å². The zero-order valence-corrected chi connectivity index (χ0v) is 13.6. The normalized spacial score (nSPS) is 16.9. The molecule has 1 aromatic rings. The number of nitrogens with two attached hydrogens (primary N) is 1. The lowest BCUT2D eigenvalue weighted by molar-refractivity contribution is 0.0693. The first-order valence-corrected chi connectivity index (χ1v) is 9.35. The van der Waals surface area contributed by atoms with Gasteiger partial charge in [0, 0.05) is 10.1 Å². The Hall–Kier alpha value is -0.760. The van der Waals surface area contributed by atoms with Crippen LogP contribution < -0.4 is 5.14 Å². The second-order valence-corrected chi connectivity index (χ2v) is 8.29. The molecule has 3 N–H and O–H groups in total. The first kappa shape index (κ1) is 16.6. The van der Waals surface area contributed by atoms with Crippen LogP contribution in [-0.4, -0.2) is 24.7 Å². The van der Waals surface area contributed by atoms with Crippen molar-refractivity contribution in [3.8, 4) is 0 Å². The topological polar surface area (TPSA) is 97.5 Å². The van der Waals surface area contributed by atoms with Gasteiger partial charge in [0.05, 0.1) is 10.6 Å². The molecule has 0 spiro atoms. The Balaban J connectivity index is 2.40. The van der Waals surface area contributed by atoms with Crippen LogP contribution in [0, 0.1) is 0 Å². The molecular formula is C13H16ClNO4S2.